The summed E-state index contributed by atoms with van der Waals surface area (Å²) in [7, 11) is 6.11. The van der Waals surface area contributed by atoms with Gasteiger partial charge in [0.2, 0.25) is 0 Å². The minimum Gasteiger partial charge on any atom is -0.493 e. The molecule has 4 rings (SSSR count). The van der Waals surface area contributed by atoms with Crippen molar-refractivity contribution in [3.05, 3.63) is 58.8 Å². The molecule has 1 aliphatic carbocycles. The average molecular weight is 522 g/mol. The van der Waals surface area contributed by atoms with Crippen LogP contribution in [-0.4, -0.2) is 52.5 Å². The number of fused-ring (bicyclic) bond motifs is 1. The third kappa shape index (κ3) is 5.12. The van der Waals surface area contributed by atoms with Gasteiger partial charge in [0.15, 0.2) is 23.0 Å². The lowest BCUT2D eigenvalue weighted by Gasteiger charge is -2.38. The average Bonchev–Trinajstić information content (AvgIpc) is 2.94. The van der Waals surface area contributed by atoms with Crippen molar-refractivity contribution in [3.8, 4) is 23.0 Å². The van der Waals surface area contributed by atoms with Gasteiger partial charge in [0.05, 0.1) is 46.5 Å². The number of benzene rings is 2. The number of ether oxygens (including phenoxy) is 5. The summed E-state index contributed by atoms with van der Waals surface area (Å²) in [6, 6.07) is 11.3. The number of methoxy groups -OCH3 is 4. The van der Waals surface area contributed by atoms with Crippen LogP contribution in [0, 0.1) is 5.92 Å². The van der Waals surface area contributed by atoms with Gasteiger partial charge in [-0.2, -0.15) is 0 Å². The van der Waals surface area contributed by atoms with Crippen LogP contribution in [0.3, 0.4) is 0 Å². The molecule has 2 aliphatic rings. The Morgan fingerprint density at radius 2 is 1.50 bits per heavy atom. The number of carbonyl (C=O) groups is 2. The topological polar surface area (TPSA) is 92.7 Å². The largest absolute Gasteiger partial charge is 0.493 e. The minimum atomic E-state index is -0.573. The monoisotopic (exact) mass is 521 g/mol. The molecule has 38 heavy (non-hydrogen) atoms. The van der Waals surface area contributed by atoms with Gasteiger partial charge in [-0.1, -0.05) is 19.1 Å². The van der Waals surface area contributed by atoms with Gasteiger partial charge >= 0.3 is 5.97 Å². The zero-order valence-electron chi connectivity index (χ0n) is 22.8. The fraction of sp³-hybridized carbons (Fsp3) is 0.433. The van der Waals surface area contributed by atoms with Gasteiger partial charge in [-0.05, 0) is 61.1 Å². The van der Waals surface area contributed by atoms with Crippen molar-refractivity contribution in [2.75, 3.05) is 35.0 Å². The minimum absolute atomic E-state index is 0.0268. The number of esters is 1. The number of carbonyl (C=O) groups excluding carboxylic acids is 2. The maximum Gasteiger partial charge on any atom is 0.336 e. The second kappa shape index (κ2) is 11.7. The predicted octanol–water partition coefficient (Wildman–Crippen LogP) is 5.25. The molecular weight excluding hydrogens is 486 g/mol. The molecule has 0 amide bonds. The molecule has 1 unspecified atom stereocenters. The summed E-state index contributed by atoms with van der Waals surface area (Å²) in [5, 5.41) is 0. The molecule has 2 aromatic carbocycles. The summed E-state index contributed by atoms with van der Waals surface area (Å²) in [5.41, 5.74) is 3.47. The van der Waals surface area contributed by atoms with Crippen molar-refractivity contribution < 1.29 is 33.3 Å². The number of nitrogens with zero attached hydrogens (tertiary/aromatic N) is 1. The third-order valence-electron chi connectivity index (χ3n) is 7.25. The van der Waals surface area contributed by atoms with Gasteiger partial charge in [-0.3, -0.25) is 9.79 Å². The molecule has 8 heteroatoms. The number of ketones is 1. The van der Waals surface area contributed by atoms with E-state index in [1.807, 2.05) is 43.3 Å². The first-order valence-electron chi connectivity index (χ1n) is 12.8. The molecule has 1 fully saturated rings. The van der Waals surface area contributed by atoms with Crippen molar-refractivity contribution in [2.45, 2.75) is 44.9 Å². The predicted molar refractivity (Wildman–Crippen MR) is 144 cm³/mol. The number of hydrogen-bond donors (Lipinski definition) is 0. The molecule has 0 aromatic heterocycles. The molecule has 0 spiro atoms. The first-order valence-corrected chi connectivity index (χ1v) is 12.8. The standard InChI is InChI=1S/C30H35NO7/c1-7-12-38-24-11-9-19(16-26(24)36-5)28-27(30(33)37-6)17(2)31-21-13-20(14-22(32)29(21)28)18-8-10-23(34-3)25(15-18)35-4/h8-11,15-16,20,28-29H,7,12-14H2,1-6H3/t20-,28-,29?/m0/s1. The zero-order chi connectivity index (χ0) is 27.4. The van der Waals surface area contributed by atoms with Crippen molar-refractivity contribution in [1.82, 2.24) is 0 Å². The number of aliphatic imine (C=N–C) groups is 1. The number of rotatable bonds is 9. The van der Waals surface area contributed by atoms with Crippen LogP contribution in [0.25, 0.3) is 0 Å². The van der Waals surface area contributed by atoms with Gasteiger partial charge < -0.3 is 23.7 Å². The highest BCUT2D eigenvalue weighted by molar-refractivity contribution is 6.12. The molecule has 202 valence electrons. The van der Waals surface area contributed by atoms with E-state index in [0.717, 1.165) is 23.3 Å². The van der Waals surface area contributed by atoms with E-state index in [2.05, 4.69) is 0 Å². The Morgan fingerprint density at radius 1 is 0.868 bits per heavy atom. The van der Waals surface area contributed by atoms with Crippen molar-refractivity contribution >= 4 is 17.5 Å². The van der Waals surface area contributed by atoms with Gasteiger partial charge in [0.25, 0.3) is 0 Å². The molecule has 1 heterocycles. The van der Waals surface area contributed by atoms with Crippen LogP contribution < -0.4 is 18.9 Å². The summed E-state index contributed by atoms with van der Waals surface area (Å²) in [5.74, 6) is 0.774. The summed E-state index contributed by atoms with van der Waals surface area (Å²) in [4.78, 5) is 31.6. The Bertz CT molecular complexity index is 1280. The van der Waals surface area contributed by atoms with E-state index in [4.69, 9.17) is 28.7 Å². The second-order valence-corrected chi connectivity index (χ2v) is 9.49. The highest BCUT2D eigenvalue weighted by atomic mass is 16.5. The molecule has 8 nitrogen and oxygen atoms in total. The summed E-state index contributed by atoms with van der Waals surface area (Å²) < 4.78 is 27.4. The van der Waals surface area contributed by atoms with E-state index in [1.54, 1.807) is 28.3 Å². The first-order chi connectivity index (χ1) is 18.4. The Hall–Kier alpha value is -3.81. The van der Waals surface area contributed by atoms with E-state index in [1.165, 1.54) is 7.11 Å². The van der Waals surface area contributed by atoms with Gasteiger partial charge in [0, 0.05) is 23.7 Å². The molecule has 2 aromatic rings. The van der Waals surface area contributed by atoms with Crippen LogP contribution in [-0.2, 0) is 14.3 Å². The molecule has 0 N–H and O–H groups in total. The van der Waals surface area contributed by atoms with E-state index in [0.29, 0.717) is 53.7 Å². The van der Waals surface area contributed by atoms with Crippen LogP contribution in [0.5, 0.6) is 23.0 Å². The maximum absolute atomic E-state index is 13.8. The van der Waals surface area contributed by atoms with Crippen LogP contribution >= 0.6 is 0 Å². The summed E-state index contributed by atoms with van der Waals surface area (Å²) >= 11 is 0. The molecule has 1 aliphatic heterocycles. The summed E-state index contributed by atoms with van der Waals surface area (Å²) in [6.07, 6.45) is 1.76. The smallest absolute Gasteiger partial charge is 0.336 e. The lowest BCUT2D eigenvalue weighted by molar-refractivity contribution is -0.136. The zero-order valence-corrected chi connectivity index (χ0v) is 22.8. The Labute approximate surface area is 223 Å². The van der Waals surface area contributed by atoms with Crippen molar-refractivity contribution in [3.63, 3.8) is 0 Å². The maximum atomic E-state index is 13.8. The quantitative estimate of drug-likeness (QED) is 0.416. The van der Waals surface area contributed by atoms with Crippen LogP contribution in [0.4, 0.5) is 0 Å². The van der Waals surface area contributed by atoms with Gasteiger partial charge in [0.1, 0.15) is 5.78 Å². The fourth-order valence-electron chi connectivity index (χ4n) is 5.46. The lowest BCUT2D eigenvalue weighted by Crippen LogP contribution is -2.41. The molecule has 0 saturated heterocycles. The van der Waals surface area contributed by atoms with Gasteiger partial charge in [-0.15, -0.1) is 0 Å². The molecule has 1 saturated carbocycles. The molecule has 0 bridgehead atoms. The van der Waals surface area contributed by atoms with E-state index < -0.39 is 17.8 Å². The second-order valence-electron chi connectivity index (χ2n) is 9.49. The van der Waals surface area contributed by atoms with E-state index in [-0.39, 0.29) is 11.7 Å². The highest BCUT2D eigenvalue weighted by Crippen LogP contribution is 2.47. The third-order valence-corrected chi connectivity index (χ3v) is 7.25. The Kier molecular flexibility index (Phi) is 8.39. The summed E-state index contributed by atoms with van der Waals surface area (Å²) in [6.45, 7) is 4.38. The van der Waals surface area contributed by atoms with Crippen molar-refractivity contribution in [2.24, 2.45) is 10.9 Å². The van der Waals surface area contributed by atoms with E-state index in [9.17, 15) is 9.59 Å². The fourth-order valence-corrected chi connectivity index (χ4v) is 5.46. The van der Waals surface area contributed by atoms with E-state index >= 15 is 0 Å². The molecule has 3 atom stereocenters. The Balaban J connectivity index is 1.76. The SMILES string of the molecule is CCCOc1ccc([C@H]2C(C(=O)OC)=C(C)N=C3C[C@H](c4ccc(OC)c(OC)c4)CC(=O)C32)cc1OC. The van der Waals surface area contributed by atoms with Crippen LogP contribution in [0.2, 0.25) is 0 Å². The first kappa shape index (κ1) is 27.2. The number of allylic oxidation sites excluding steroid dienone is 1. The normalized spacial score (nSPS) is 20.8. The van der Waals surface area contributed by atoms with Crippen molar-refractivity contribution in [1.29, 1.82) is 0 Å². The van der Waals surface area contributed by atoms with Gasteiger partial charge in [-0.25, -0.2) is 4.79 Å². The number of Topliss-reactive ketones (excluding diaryl/α,β-unsaturated/α-hetero) is 1. The number of hydrogen-bond acceptors (Lipinski definition) is 8. The lowest BCUT2D eigenvalue weighted by atomic mass is 9.66. The van der Waals surface area contributed by atoms with Crippen LogP contribution in [0.15, 0.2) is 52.7 Å². The molecule has 0 radical (unpaired) electrons. The molecular formula is C30H35NO7. The van der Waals surface area contributed by atoms with Crippen LogP contribution in [0.1, 0.15) is 56.1 Å². The Morgan fingerprint density at radius 3 is 2.16 bits per heavy atom. The highest BCUT2D eigenvalue weighted by Gasteiger charge is 2.46.